The summed E-state index contributed by atoms with van der Waals surface area (Å²) in [4.78, 5) is 10.2. The molecule has 0 heterocycles. The number of carboxylic acids is 1. The van der Waals surface area contributed by atoms with Crippen LogP contribution in [0.5, 0.6) is 0 Å². The van der Waals surface area contributed by atoms with Gasteiger partial charge in [-0.05, 0) is 18.2 Å². The van der Waals surface area contributed by atoms with Gasteiger partial charge in [-0.15, -0.1) is 0 Å². The summed E-state index contributed by atoms with van der Waals surface area (Å²) in [5.74, 6) is -3.40. The van der Waals surface area contributed by atoms with Crippen LogP contribution >= 0.6 is 15.9 Å². The molecule has 0 unspecified atom stereocenters. The molecule has 0 aliphatic heterocycles. The predicted octanol–water partition coefficient (Wildman–Crippen LogP) is 1.41. The van der Waals surface area contributed by atoms with Crippen LogP contribution in [0.4, 0.5) is 10.1 Å². The highest BCUT2D eigenvalue weighted by molar-refractivity contribution is 9.10. The maximum atomic E-state index is 13.1. The van der Waals surface area contributed by atoms with Crippen LogP contribution in [0, 0.1) is 5.82 Å². The zero-order valence-electron chi connectivity index (χ0n) is 7.78. The monoisotopic (exact) mass is 311 g/mol. The third kappa shape index (κ3) is 3.78. The van der Waals surface area contributed by atoms with E-state index in [9.17, 15) is 17.6 Å². The van der Waals surface area contributed by atoms with E-state index in [1.54, 1.807) is 0 Å². The number of benzene rings is 1. The minimum atomic E-state index is -4.08. The molecular formula is C8H7BrFNO4S. The summed E-state index contributed by atoms with van der Waals surface area (Å²) in [6, 6.07) is 3.65. The topological polar surface area (TPSA) is 83.5 Å². The molecule has 2 N–H and O–H groups in total. The minimum absolute atomic E-state index is 0.296. The number of hydrogen-bond donors (Lipinski definition) is 2. The van der Waals surface area contributed by atoms with Crippen LogP contribution in [0.1, 0.15) is 0 Å². The molecule has 0 saturated carbocycles. The molecule has 0 fully saturated rings. The lowest BCUT2D eigenvalue weighted by Gasteiger charge is -2.07. The fraction of sp³-hybridized carbons (Fsp3) is 0.125. The van der Waals surface area contributed by atoms with Crippen molar-refractivity contribution in [1.82, 2.24) is 0 Å². The van der Waals surface area contributed by atoms with Gasteiger partial charge in [0.1, 0.15) is 5.82 Å². The molecule has 1 aromatic rings. The number of halogens is 2. The van der Waals surface area contributed by atoms with Gasteiger partial charge < -0.3 is 5.11 Å². The number of carboxylic acid groups (broad SMARTS) is 1. The molecule has 0 radical (unpaired) electrons. The van der Waals surface area contributed by atoms with Gasteiger partial charge in [0.05, 0.1) is 5.69 Å². The van der Waals surface area contributed by atoms with Crippen LogP contribution in [0.25, 0.3) is 0 Å². The highest BCUT2D eigenvalue weighted by Gasteiger charge is 2.17. The second-order valence-electron chi connectivity index (χ2n) is 2.88. The van der Waals surface area contributed by atoms with Crippen LogP contribution in [0.15, 0.2) is 22.7 Å². The minimum Gasteiger partial charge on any atom is -0.480 e. The van der Waals surface area contributed by atoms with Gasteiger partial charge in [0.2, 0.25) is 10.0 Å². The van der Waals surface area contributed by atoms with Crippen molar-refractivity contribution in [2.75, 3.05) is 10.5 Å². The van der Waals surface area contributed by atoms with Crippen molar-refractivity contribution in [2.45, 2.75) is 0 Å². The number of carbonyl (C=O) groups is 1. The molecule has 0 bridgehead atoms. The lowest BCUT2D eigenvalue weighted by Crippen LogP contribution is -2.22. The summed E-state index contributed by atoms with van der Waals surface area (Å²) in [5.41, 5.74) is -0.296. The van der Waals surface area contributed by atoms with Crippen molar-refractivity contribution in [1.29, 1.82) is 0 Å². The lowest BCUT2D eigenvalue weighted by atomic mass is 10.3. The Morgan fingerprint density at radius 3 is 2.69 bits per heavy atom. The summed E-state index contributed by atoms with van der Waals surface area (Å²) in [7, 11) is -4.08. The van der Waals surface area contributed by atoms with E-state index in [1.165, 1.54) is 12.1 Å². The number of rotatable bonds is 4. The van der Waals surface area contributed by atoms with E-state index in [4.69, 9.17) is 5.11 Å². The van der Waals surface area contributed by atoms with Crippen LogP contribution in [0.2, 0.25) is 0 Å². The third-order valence-corrected chi connectivity index (χ3v) is 3.16. The number of sulfonamides is 1. The fourth-order valence-electron chi connectivity index (χ4n) is 0.942. The maximum absolute atomic E-state index is 13.1. The highest BCUT2D eigenvalue weighted by atomic mass is 79.9. The quantitative estimate of drug-likeness (QED) is 0.880. The smallest absolute Gasteiger partial charge is 0.320 e. The van der Waals surface area contributed by atoms with E-state index in [0.29, 0.717) is 4.47 Å². The third-order valence-electron chi connectivity index (χ3n) is 1.51. The van der Waals surface area contributed by atoms with Crippen molar-refractivity contribution < 1.29 is 22.7 Å². The maximum Gasteiger partial charge on any atom is 0.320 e. The molecule has 8 heteroatoms. The van der Waals surface area contributed by atoms with Gasteiger partial charge in [-0.2, -0.15) is 0 Å². The van der Waals surface area contributed by atoms with Crippen molar-refractivity contribution in [3.8, 4) is 0 Å². The summed E-state index contributed by atoms with van der Waals surface area (Å²) >= 11 is 3.04. The highest BCUT2D eigenvalue weighted by Crippen LogP contribution is 2.20. The SMILES string of the molecule is O=C(O)CS(=O)(=O)Nc1cc(Br)ccc1F. The van der Waals surface area contributed by atoms with E-state index < -0.39 is 27.6 Å². The van der Waals surface area contributed by atoms with Crippen LogP contribution in [-0.2, 0) is 14.8 Å². The van der Waals surface area contributed by atoms with Crippen LogP contribution in [0.3, 0.4) is 0 Å². The first kappa shape index (κ1) is 12.9. The van der Waals surface area contributed by atoms with Gasteiger partial charge in [0.25, 0.3) is 0 Å². The first-order valence-corrected chi connectivity index (χ1v) is 6.42. The van der Waals surface area contributed by atoms with Gasteiger partial charge >= 0.3 is 5.97 Å². The molecule has 0 atom stereocenters. The van der Waals surface area contributed by atoms with E-state index in [2.05, 4.69) is 15.9 Å². The average molecular weight is 312 g/mol. The Morgan fingerprint density at radius 1 is 1.50 bits per heavy atom. The molecule has 0 amide bonds. The molecule has 0 aromatic heterocycles. The second kappa shape index (κ2) is 4.79. The van der Waals surface area contributed by atoms with Crippen LogP contribution < -0.4 is 4.72 Å². The van der Waals surface area contributed by atoms with Crippen molar-refractivity contribution in [3.63, 3.8) is 0 Å². The Hall–Kier alpha value is -1.15. The predicted molar refractivity (Wildman–Crippen MR) is 59.1 cm³/mol. The van der Waals surface area contributed by atoms with E-state index in [-0.39, 0.29) is 5.69 Å². The van der Waals surface area contributed by atoms with Crippen molar-refractivity contribution in [3.05, 3.63) is 28.5 Å². The molecule has 0 saturated heterocycles. The molecule has 1 rings (SSSR count). The molecular weight excluding hydrogens is 305 g/mol. The Bertz CT molecular complexity index is 517. The zero-order chi connectivity index (χ0) is 12.3. The fourth-order valence-corrected chi connectivity index (χ4v) is 2.19. The van der Waals surface area contributed by atoms with Gasteiger partial charge in [0.15, 0.2) is 5.75 Å². The molecule has 1 aromatic carbocycles. The van der Waals surface area contributed by atoms with Gasteiger partial charge in [-0.3, -0.25) is 9.52 Å². The summed E-state index contributed by atoms with van der Waals surface area (Å²) in [6.45, 7) is 0. The zero-order valence-corrected chi connectivity index (χ0v) is 10.2. The van der Waals surface area contributed by atoms with Crippen molar-refractivity contribution in [2.24, 2.45) is 0 Å². The Morgan fingerprint density at radius 2 is 2.12 bits per heavy atom. The molecule has 5 nitrogen and oxygen atoms in total. The van der Waals surface area contributed by atoms with Crippen LogP contribution in [-0.4, -0.2) is 25.2 Å². The Labute approximate surface area is 99.5 Å². The van der Waals surface area contributed by atoms with Gasteiger partial charge in [0, 0.05) is 4.47 Å². The van der Waals surface area contributed by atoms with Crippen molar-refractivity contribution >= 4 is 37.6 Å². The summed E-state index contributed by atoms with van der Waals surface area (Å²) < 4.78 is 37.9. The van der Waals surface area contributed by atoms with Gasteiger partial charge in [-0.1, -0.05) is 15.9 Å². The number of aliphatic carboxylic acids is 1. The Kier molecular flexibility index (Phi) is 3.87. The first-order valence-electron chi connectivity index (χ1n) is 3.97. The lowest BCUT2D eigenvalue weighted by molar-refractivity contribution is -0.134. The summed E-state index contributed by atoms with van der Waals surface area (Å²) in [5, 5.41) is 8.33. The van der Waals surface area contributed by atoms with E-state index in [0.717, 1.165) is 6.07 Å². The number of anilines is 1. The average Bonchev–Trinajstić information content (AvgIpc) is 2.08. The standard InChI is InChI=1S/C8H7BrFNO4S/c9-5-1-2-6(10)7(3-5)11-16(14,15)4-8(12)13/h1-3,11H,4H2,(H,12,13). The molecule has 0 aliphatic rings. The normalized spacial score (nSPS) is 11.1. The van der Waals surface area contributed by atoms with E-state index in [1.807, 2.05) is 4.72 Å². The van der Waals surface area contributed by atoms with Gasteiger partial charge in [-0.25, -0.2) is 12.8 Å². The molecule has 16 heavy (non-hydrogen) atoms. The summed E-state index contributed by atoms with van der Waals surface area (Å²) in [6.07, 6.45) is 0. The largest absolute Gasteiger partial charge is 0.480 e. The number of nitrogens with one attached hydrogen (secondary N) is 1. The molecule has 0 spiro atoms. The first-order chi connectivity index (χ1) is 7.30. The second-order valence-corrected chi connectivity index (χ2v) is 5.52. The molecule has 88 valence electrons. The molecule has 0 aliphatic carbocycles. The Balaban J connectivity index is 2.96. The van der Waals surface area contributed by atoms with E-state index >= 15 is 0 Å². The number of hydrogen-bond acceptors (Lipinski definition) is 3.